The molecule has 1 aliphatic rings. The summed E-state index contributed by atoms with van der Waals surface area (Å²) in [4.78, 5) is 0.292. The number of hydrogen-bond acceptors (Lipinski definition) is 5. The Balaban J connectivity index is 1.80. The van der Waals surface area contributed by atoms with Gasteiger partial charge in [0.1, 0.15) is 5.75 Å². The highest BCUT2D eigenvalue weighted by molar-refractivity contribution is 7.92. The third kappa shape index (κ3) is 4.73. The molecule has 0 atom stereocenters. The average Bonchev–Trinajstić information content (AvgIpc) is 2.74. The van der Waals surface area contributed by atoms with Gasteiger partial charge in [0, 0.05) is 18.8 Å². The minimum absolute atomic E-state index is 0.125. The van der Waals surface area contributed by atoms with Gasteiger partial charge in [0.2, 0.25) is 10.0 Å². The first kappa shape index (κ1) is 21.6. The van der Waals surface area contributed by atoms with Crippen LogP contribution in [0.1, 0.15) is 31.7 Å². The predicted octanol–water partition coefficient (Wildman–Crippen LogP) is 3.23. The lowest BCUT2D eigenvalue weighted by Gasteiger charge is -2.25. The Morgan fingerprint density at radius 2 is 1.55 bits per heavy atom. The third-order valence-corrected chi connectivity index (χ3v) is 8.29. The first-order valence-electron chi connectivity index (χ1n) is 9.58. The van der Waals surface area contributed by atoms with E-state index in [0.29, 0.717) is 30.9 Å². The molecule has 0 aromatic heterocycles. The Kier molecular flexibility index (Phi) is 6.50. The van der Waals surface area contributed by atoms with Gasteiger partial charge in [-0.05, 0) is 67.3 Å². The fourth-order valence-electron chi connectivity index (χ4n) is 3.36. The van der Waals surface area contributed by atoms with E-state index in [-0.39, 0.29) is 9.79 Å². The van der Waals surface area contributed by atoms with Crippen molar-refractivity contribution in [3.8, 4) is 5.75 Å². The number of piperidine rings is 1. The number of nitrogens with one attached hydrogen (secondary N) is 1. The molecule has 0 spiro atoms. The number of hydrogen-bond donors (Lipinski definition) is 1. The summed E-state index contributed by atoms with van der Waals surface area (Å²) in [5, 5.41) is 0. The van der Waals surface area contributed by atoms with Crippen LogP contribution in [0, 0.1) is 0 Å². The molecule has 0 aliphatic carbocycles. The smallest absolute Gasteiger partial charge is 0.261 e. The number of anilines is 1. The van der Waals surface area contributed by atoms with Crippen molar-refractivity contribution < 1.29 is 21.6 Å². The number of ether oxygens (including phenoxy) is 1. The van der Waals surface area contributed by atoms with Crippen molar-refractivity contribution >= 4 is 25.7 Å². The number of nitrogens with zero attached hydrogens (tertiary/aromatic N) is 1. The summed E-state index contributed by atoms with van der Waals surface area (Å²) in [6, 6.07) is 10.5. The molecular weight excluding hydrogens is 412 g/mol. The third-order valence-electron chi connectivity index (χ3n) is 5.00. The van der Waals surface area contributed by atoms with Gasteiger partial charge in [0.05, 0.1) is 16.9 Å². The van der Waals surface area contributed by atoms with Crippen LogP contribution in [0.4, 0.5) is 5.69 Å². The second-order valence-electron chi connectivity index (χ2n) is 6.92. The molecule has 1 heterocycles. The molecule has 9 heteroatoms. The summed E-state index contributed by atoms with van der Waals surface area (Å²) in [5.41, 5.74) is 1.09. The van der Waals surface area contributed by atoms with Crippen molar-refractivity contribution in [3.63, 3.8) is 0 Å². The van der Waals surface area contributed by atoms with E-state index < -0.39 is 20.0 Å². The van der Waals surface area contributed by atoms with Gasteiger partial charge < -0.3 is 4.74 Å². The van der Waals surface area contributed by atoms with E-state index in [0.717, 1.165) is 24.8 Å². The highest BCUT2D eigenvalue weighted by Crippen LogP contribution is 2.26. The molecule has 158 valence electrons. The molecule has 0 unspecified atom stereocenters. The lowest BCUT2D eigenvalue weighted by Crippen LogP contribution is -2.35. The Hall–Kier alpha value is -2.10. The summed E-state index contributed by atoms with van der Waals surface area (Å²) in [7, 11) is -5.81. The number of benzene rings is 2. The van der Waals surface area contributed by atoms with Gasteiger partial charge >= 0.3 is 0 Å². The Bertz CT molecular complexity index is 1060. The molecule has 3 rings (SSSR count). The molecule has 0 saturated carbocycles. The topological polar surface area (TPSA) is 92.8 Å². The zero-order chi connectivity index (χ0) is 21.1. The fraction of sp³-hybridized carbons (Fsp3) is 0.400. The molecule has 1 aliphatic heterocycles. The van der Waals surface area contributed by atoms with Crippen molar-refractivity contribution in [2.24, 2.45) is 0 Å². The second kappa shape index (κ2) is 8.73. The molecular formula is C20H26N2O5S2. The first-order chi connectivity index (χ1) is 13.8. The zero-order valence-corrected chi connectivity index (χ0v) is 18.2. The van der Waals surface area contributed by atoms with Crippen LogP contribution in [0.2, 0.25) is 0 Å². The monoisotopic (exact) mass is 438 g/mol. The molecule has 1 fully saturated rings. The zero-order valence-electron chi connectivity index (χ0n) is 16.6. The molecule has 0 amide bonds. The molecule has 1 N–H and O–H groups in total. The van der Waals surface area contributed by atoms with E-state index >= 15 is 0 Å². The van der Waals surface area contributed by atoms with E-state index in [2.05, 4.69) is 4.72 Å². The van der Waals surface area contributed by atoms with Crippen LogP contribution in [0.25, 0.3) is 0 Å². The van der Waals surface area contributed by atoms with E-state index in [1.165, 1.54) is 34.6 Å². The summed E-state index contributed by atoms with van der Waals surface area (Å²) in [5.74, 6) is 0.638. The van der Waals surface area contributed by atoms with Gasteiger partial charge in [-0.2, -0.15) is 4.31 Å². The highest BCUT2D eigenvalue weighted by atomic mass is 32.2. The largest absolute Gasteiger partial charge is 0.496 e. The van der Waals surface area contributed by atoms with Crippen LogP contribution >= 0.6 is 0 Å². The van der Waals surface area contributed by atoms with Gasteiger partial charge in [-0.3, -0.25) is 4.72 Å². The molecule has 0 radical (unpaired) electrons. The normalized spacial score (nSPS) is 15.8. The average molecular weight is 439 g/mol. The molecule has 29 heavy (non-hydrogen) atoms. The van der Waals surface area contributed by atoms with Crippen molar-refractivity contribution in [1.82, 2.24) is 4.31 Å². The minimum atomic E-state index is -3.81. The van der Waals surface area contributed by atoms with E-state index in [1.54, 1.807) is 19.2 Å². The Labute approximate surface area is 172 Å². The van der Waals surface area contributed by atoms with Crippen LogP contribution in [0.15, 0.2) is 52.3 Å². The maximum absolute atomic E-state index is 12.7. The SMILES string of the molecule is CCc1cc(S(=O)(=O)Nc2ccc(S(=O)(=O)N3CCCCC3)cc2)ccc1OC. The number of methoxy groups -OCH3 is 1. The van der Waals surface area contributed by atoms with Crippen LogP contribution in [0.3, 0.4) is 0 Å². The lowest BCUT2D eigenvalue weighted by atomic mass is 10.1. The number of aryl methyl sites for hydroxylation is 1. The van der Waals surface area contributed by atoms with Gasteiger partial charge in [-0.25, -0.2) is 16.8 Å². The molecule has 1 saturated heterocycles. The molecule has 2 aromatic rings. The molecule has 2 aromatic carbocycles. The summed E-state index contributed by atoms with van der Waals surface area (Å²) in [6.07, 6.45) is 3.39. The maximum Gasteiger partial charge on any atom is 0.261 e. The van der Waals surface area contributed by atoms with E-state index in [1.807, 2.05) is 6.92 Å². The van der Waals surface area contributed by atoms with Crippen molar-refractivity contribution in [1.29, 1.82) is 0 Å². The fourth-order valence-corrected chi connectivity index (χ4v) is 5.99. The van der Waals surface area contributed by atoms with Crippen LogP contribution in [0.5, 0.6) is 5.75 Å². The Morgan fingerprint density at radius 1 is 0.931 bits per heavy atom. The first-order valence-corrected chi connectivity index (χ1v) is 12.5. The summed E-state index contributed by atoms with van der Waals surface area (Å²) in [6.45, 7) is 2.96. The van der Waals surface area contributed by atoms with Gasteiger partial charge in [-0.1, -0.05) is 13.3 Å². The molecule has 7 nitrogen and oxygen atoms in total. The van der Waals surface area contributed by atoms with Gasteiger partial charge in [0.25, 0.3) is 10.0 Å². The van der Waals surface area contributed by atoms with Crippen LogP contribution in [-0.4, -0.2) is 41.3 Å². The summed E-state index contributed by atoms with van der Waals surface area (Å²) < 4.78 is 60.1. The van der Waals surface area contributed by atoms with E-state index in [9.17, 15) is 16.8 Å². The van der Waals surface area contributed by atoms with Gasteiger partial charge in [0.15, 0.2) is 0 Å². The van der Waals surface area contributed by atoms with Crippen molar-refractivity contribution in [3.05, 3.63) is 48.0 Å². The van der Waals surface area contributed by atoms with Crippen molar-refractivity contribution in [2.45, 2.75) is 42.4 Å². The van der Waals surface area contributed by atoms with Gasteiger partial charge in [-0.15, -0.1) is 0 Å². The second-order valence-corrected chi connectivity index (χ2v) is 10.5. The van der Waals surface area contributed by atoms with Crippen LogP contribution < -0.4 is 9.46 Å². The predicted molar refractivity (Wildman–Crippen MR) is 112 cm³/mol. The van der Waals surface area contributed by atoms with Crippen LogP contribution in [-0.2, 0) is 26.5 Å². The van der Waals surface area contributed by atoms with Crippen molar-refractivity contribution in [2.75, 3.05) is 24.9 Å². The maximum atomic E-state index is 12.7. The minimum Gasteiger partial charge on any atom is -0.496 e. The number of sulfonamides is 2. The standard InChI is InChI=1S/C20H26N2O5S2/c1-3-16-15-19(11-12-20(16)27-2)28(23,24)21-17-7-9-18(10-8-17)29(25,26)22-13-5-4-6-14-22/h7-12,15,21H,3-6,13-14H2,1-2H3. The molecule has 0 bridgehead atoms. The quantitative estimate of drug-likeness (QED) is 0.716. The van der Waals surface area contributed by atoms with E-state index in [4.69, 9.17) is 4.74 Å². The highest BCUT2D eigenvalue weighted by Gasteiger charge is 2.26. The number of rotatable bonds is 7. The summed E-state index contributed by atoms with van der Waals surface area (Å²) >= 11 is 0. The Morgan fingerprint density at radius 3 is 2.14 bits per heavy atom. The lowest BCUT2D eigenvalue weighted by molar-refractivity contribution is 0.346.